The van der Waals surface area contributed by atoms with Gasteiger partial charge in [-0.15, -0.1) is 4.91 Å². The second-order valence-corrected chi connectivity index (χ2v) is 5.22. The molecule has 1 heterocycles. The number of hydrogen-bond donors (Lipinski definition) is 1. The van der Waals surface area contributed by atoms with Crippen molar-refractivity contribution in [2.45, 2.75) is 46.4 Å². The number of aromatic nitrogens is 1. The number of amides is 1. The third-order valence-corrected chi connectivity index (χ3v) is 2.05. The Kier molecular flexibility index (Phi) is 4.59. The lowest BCUT2D eigenvalue weighted by atomic mass is 10.1. The lowest BCUT2D eigenvalue weighted by Gasteiger charge is -2.19. The fourth-order valence-electron chi connectivity index (χ4n) is 1.35. The van der Waals surface area contributed by atoms with Gasteiger partial charge in [-0.2, -0.15) is 0 Å². The van der Waals surface area contributed by atoms with E-state index >= 15 is 0 Å². The molecule has 0 saturated heterocycles. The molecule has 1 atom stereocenters. The smallest absolute Gasteiger partial charge is 0.363 e. The minimum atomic E-state index is -1.17. The quantitative estimate of drug-likeness (QED) is 0.666. The van der Waals surface area contributed by atoms with Gasteiger partial charge in [0.15, 0.2) is 11.6 Å². The molecule has 8 heteroatoms. The molecule has 1 aromatic rings. The average Bonchev–Trinajstić information content (AvgIpc) is 2.69. The first-order chi connectivity index (χ1) is 9.14. The third kappa shape index (κ3) is 4.15. The molecule has 1 N–H and O–H groups in total. The van der Waals surface area contributed by atoms with E-state index in [1.807, 2.05) is 0 Å². The molecule has 0 saturated carbocycles. The predicted octanol–water partition coefficient (Wildman–Crippen LogP) is 1.78. The molecular weight excluding hydrogens is 266 g/mol. The van der Waals surface area contributed by atoms with Gasteiger partial charge in [0.25, 0.3) is 5.91 Å². The summed E-state index contributed by atoms with van der Waals surface area (Å²) >= 11 is 0. The number of rotatable bonds is 4. The largest absolute Gasteiger partial charge is 0.435 e. The van der Waals surface area contributed by atoms with Crippen LogP contribution in [0.4, 0.5) is 0 Å². The molecule has 1 unspecified atom stereocenters. The first-order valence-corrected chi connectivity index (χ1v) is 5.97. The van der Waals surface area contributed by atoms with Crippen LogP contribution in [0.1, 0.15) is 54.6 Å². The summed E-state index contributed by atoms with van der Waals surface area (Å²) in [5.41, 5.74) is -0.781. The molecule has 0 aromatic carbocycles. The highest BCUT2D eigenvalue weighted by Gasteiger charge is 2.28. The van der Waals surface area contributed by atoms with Crippen LogP contribution in [0.5, 0.6) is 0 Å². The van der Waals surface area contributed by atoms with Gasteiger partial charge in [-0.3, -0.25) is 4.79 Å². The van der Waals surface area contributed by atoms with Gasteiger partial charge in [-0.05, 0) is 32.9 Å². The maximum Gasteiger partial charge on any atom is 0.363 e. The highest BCUT2D eigenvalue weighted by molar-refractivity contribution is 6.02. The number of carbonyl (C=O) groups excluding carboxylic acids is 2. The maximum absolute atomic E-state index is 12.0. The van der Waals surface area contributed by atoms with E-state index in [0.29, 0.717) is 0 Å². The van der Waals surface area contributed by atoms with Gasteiger partial charge in [0.2, 0.25) is 12.0 Å². The summed E-state index contributed by atoms with van der Waals surface area (Å²) in [6.07, 6.45) is -1.17. The van der Waals surface area contributed by atoms with Crippen molar-refractivity contribution < 1.29 is 18.7 Å². The molecule has 1 aromatic heterocycles. The molecule has 8 nitrogen and oxygen atoms in total. The van der Waals surface area contributed by atoms with Crippen LogP contribution < -0.4 is 5.32 Å². The normalized spacial score (nSPS) is 12.7. The van der Waals surface area contributed by atoms with Gasteiger partial charge < -0.3 is 14.5 Å². The number of ether oxygens (including phenoxy) is 1. The standard InChI is InChI=1S/C12H17N3O5/c1-6-13-8(11(17)20-7(2)15-18)9(19-6)10(16)14-12(3,4)5/h7H,1-5H3,(H,14,16). The summed E-state index contributed by atoms with van der Waals surface area (Å²) < 4.78 is 9.83. The molecular formula is C12H17N3O5. The van der Waals surface area contributed by atoms with Crippen LogP contribution in [0.3, 0.4) is 0 Å². The first-order valence-electron chi connectivity index (χ1n) is 5.97. The topological polar surface area (TPSA) is 111 Å². The lowest BCUT2D eigenvalue weighted by molar-refractivity contribution is 0.0345. The molecule has 0 bridgehead atoms. The molecule has 0 aliphatic rings. The van der Waals surface area contributed by atoms with E-state index in [0.717, 1.165) is 0 Å². The number of esters is 1. The highest BCUT2D eigenvalue weighted by Crippen LogP contribution is 2.14. The Balaban J connectivity index is 3.01. The Morgan fingerprint density at radius 2 is 2.00 bits per heavy atom. The van der Waals surface area contributed by atoms with E-state index in [9.17, 15) is 14.5 Å². The summed E-state index contributed by atoms with van der Waals surface area (Å²) in [4.78, 5) is 37.8. The molecule has 1 rings (SSSR count). The highest BCUT2D eigenvalue weighted by atomic mass is 16.6. The van der Waals surface area contributed by atoms with Gasteiger partial charge >= 0.3 is 5.97 Å². The van der Waals surface area contributed by atoms with Crippen molar-refractivity contribution in [1.29, 1.82) is 0 Å². The molecule has 110 valence electrons. The molecule has 0 aliphatic carbocycles. The number of oxazole rings is 1. The van der Waals surface area contributed by atoms with E-state index < -0.39 is 23.6 Å². The Morgan fingerprint density at radius 1 is 1.40 bits per heavy atom. The van der Waals surface area contributed by atoms with Crippen molar-refractivity contribution in [3.8, 4) is 0 Å². The maximum atomic E-state index is 12.0. The van der Waals surface area contributed by atoms with Crippen LogP contribution >= 0.6 is 0 Å². The molecule has 0 spiro atoms. The number of aryl methyl sites for hydroxylation is 1. The van der Waals surface area contributed by atoms with Gasteiger partial charge in [0, 0.05) is 12.5 Å². The third-order valence-electron chi connectivity index (χ3n) is 2.05. The molecule has 20 heavy (non-hydrogen) atoms. The van der Waals surface area contributed by atoms with Gasteiger partial charge in [0.1, 0.15) is 0 Å². The van der Waals surface area contributed by atoms with Crippen molar-refractivity contribution in [2.75, 3.05) is 0 Å². The molecule has 1 amide bonds. The lowest BCUT2D eigenvalue weighted by Crippen LogP contribution is -2.41. The van der Waals surface area contributed by atoms with Gasteiger partial charge in [-0.25, -0.2) is 9.78 Å². The number of hydrogen-bond acceptors (Lipinski definition) is 7. The second-order valence-electron chi connectivity index (χ2n) is 5.22. The Labute approximate surface area is 115 Å². The van der Waals surface area contributed by atoms with E-state index in [1.165, 1.54) is 13.8 Å². The van der Waals surface area contributed by atoms with Crippen molar-refractivity contribution in [1.82, 2.24) is 10.3 Å². The summed E-state index contributed by atoms with van der Waals surface area (Å²) in [5.74, 6) is -1.63. The first kappa shape index (κ1) is 15.8. The van der Waals surface area contributed by atoms with Crippen LogP contribution in [0.15, 0.2) is 9.59 Å². The Bertz CT molecular complexity index is 530. The summed E-state index contributed by atoms with van der Waals surface area (Å²) in [6, 6.07) is 0. The van der Waals surface area contributed by atoms with E-state index in [1.54, 1.807) is 20.8 Å². The average molecular weight is 283 g/mol. The van der Waals surface area contributed by atoms with Gasteiger partial charge in [0.05, 0.1) is 0 Å². The number of carbonyl (C=O) groups is 2. The molecule has 0 radical (unpaired) electrons. The molecule has 0 aliphatic heterocycles. The van der Waals surface area contributed by atoms with E-state index in [-0.39, 0.29) is 17.3 Å². The Hall–Kier alpha value is -2.25. The van der Waals surface area contributed by atoms with Crippen LogP contribution in [-0.2, 0) is 4.74 Å². The van der Waals surface area contributed by atoms with Gasteiger partial charge in [-0.1, -0.05) is 0 Å². The van der Waals surface area contributed by atoms with Crippen LogP contribution in [-0.4, -0.2) is 28.6 Å². The summed E-state index contributed by atoms with van der Waals surface area (Å²) in [6.45, 7) is 8.14. The fraction of sp³-hybridized carbons (Fsp3) is 0.583. The molecule has 0 fully saturated rings. The van der Waals surface area contributed by atoms with E-state index in [2.05, 4.69) is 15.5 Å². The monoisotopic (exact) mass is 283 g/mol. The minimum Gasteiger partial charge on any atom is -0.435 e. The second kappa shape index (κ2) is 5.81. The number of nitrogens with zero attached hydrogens (tertiary/aromatic N) is 2. The number of nitroso groups, excluding NO2 is 1. The SMILES string of the molecule is Cc1nc(C(=O)OC(C)N=O)c(C(=O)NC(C)(C)C)o1. The zero-order chi connectivity index (χ0) is 15.5. The van der Waals surface area contributed by atoms with Crippen LogP contribution in [0.25, 0.3) is 0 Å². The van der Waals surface area contributed by atoms with Crippen molar-refractivity contribution >= 4 is 11.9 Å². The predicted molar refractivity (Wildman–Crippen MR) is 69.1 cm³/mol. The fourth-order valence-corrected chi connectivity index (χ4v) is 1.35. The summed E-state index contributed by atoms with van der Waals surface area (Å²) in [5, 5.41) is 5.19. The van der Waals surface area contributed by atoms with Crippen LogP contribution in [0.2, 0.25) is 0 Å². The number of nitrogens with one attached hydrogen (secondary N) is 1. The zero-order valence-corrected chi connectivity index (χ0v) is 12.0. The van der Waals surface area contributed by atoms with Crippen molar-refractivity contribution in [3.05, 3.63) is 22.3 Å². The van der Waals surface area contributed by atoms with Crippen molar-refractivity contribution in [3.63, 3.8) is 0 Å². The van der Waals surface area contributed by atoms with Crippen LogP contribution in [0, 0.1) is 11.8 Å². The zero-order valence-electron chi connectivity index (χ0n) is 12.0. The van der Waals surface area contributed by atoms with E-state index in [4.69, 9.17) is 9.15 Å². The van der Waals surface area contributed by atoms with Crippen molar-refractivity contribution in [2.24, 2.45) is 5.18 Å². The summed E-state index contributed by atoms with van der Waals surface area (Å²) in [7, 11) is 0. The Morgan fingerprint density at radius 3 is 2.50 bits per heavy atom. The minimum absolute atomic E-state index is 0.141.